The molecular formula is C21H33IN6S. The van der Waals surface area contributed by atoms with Crippen LogP contribution >= 0.6 is 35.3 Å². The van der Waals surface area contributed by atoms with Gasteiger partial charge in [-0.25, -0.2) is 9.98 Å². The fraction of sp³-hybridized carbons (Fsp3) is 0.524. The van der Waals surface area contributed by atoms with Gasteiger partial charge >= 0.3 is 0 Å². The van der Waals surface area contributed by atoms with Crippen molar-refractivity contribution >= 4 is 47.1 Å². The number of hydrogen-bond donors (Lipinski definition) is 2. The summed E-state index contributed by atoms with van der Waals surface area (Å²) in [5.74, 6) is 2.39. The molecule has 2 aromatic rings. The van der Waals surface area contributed by atoms with Crippen LogP contribution in [0.2, 0.25) is 0 Å². The van der Waals surface area contributed by atoms with Gasteiger partial charge in [0, 0.05) is 56.3 Å². The lowest BCUT2D eigenvalue weighted by Crippen LogP contribution is -2.44. The van der Waals surface area contributed by atoms with E-state index >= 15 is 0 Å². The SMILES string of the molecule is CCNC(=NCc1ccnc(N2CCN(C)CC2)c1)NCC(C)c1cccs1.I. The van der Waals surface area contributed by atoms with E-state index in [0.717, 1.165) is 51.0 Å². The summed E-state index contributed by atoms with van der Waals surface area (Å²) >= 11 is 1.81. The Morgan fingerprint density at radius 2 is 2.03 bits per heavy atom. The molecule has 3 heterocycles. The second-order valence-electron chi connectivity index (χ2n) is 7.31. The molecule has 2 N–H and O–H groups in total. The Bertz CT molecular complexity index is 743. The Balaban J connectivity index is 0.00000300. The summed E-state index contributed by atoms with van der Waals surface area (Å²) in [6.45, 7) is 10.9. The van der Waals surface area contributed by atoms with Crippen molar-refractivity contribution in [2.24, 2.45) is 4.99 Å². The van der Waals surface area contributed by atoms with Crippen LogP contribution in [-0.4, -0.2) is 62.2 Å². The molecule has 0 saturated carbocycles. The molecule has 0 amide bonds. The number of piperazine rings is 1. The molecule has 0 radical (unpaired) electrons. The highest BCUT2D eigenvalue weighted by Gasteiger charge is 2.15. The first kappa shape index (κ1) is 23.9. The number of aliphatic imine (C=N–C) groups is 1. The third-order valence-corrected chi connectivity index (χ3v) is 6.11. The Kier molecular flexibility index (Phi) is 10.2. The Labute approximate surface area is 195 Å². The average molecular weight is 529 g/mol. The Morgan fingerprint density at radius 1 is 1.24 bits per heavy atom. The molecule has 0 spiro atoms. The summed E-state index contributed by atoms with van der Waals surface area (Å²) in [5.41, 5.74) is 1.19. The summed E-state index contributed by atoms with van der Waals surface area (Å²) in [4.78, 5) is 15.5. The lowest BCUT2D eigenvalue weighted by molar-refractivity contribution is 0.312. The van der Waals surface area contributed by atoms with E-state index in [2.05, 4.69) is 76.0 Å². The first-order valence-electron chi connectivity index (χ1n) is 10.1. The number of halogens is 1. The van der Waals surface area contributed by atoms with Crippen molar-refractivity contribution in [3.8, 4) is 0 Å². The summed E-state index contributed by atoms with van der Waals surface area (Å²) in [6, 6.07) is 8.53. The van der Waals surface area contributed by atoms with E-state index in [9.17, 15) is 0 Å². The number of nitrogens with zero attached hydrogens (tertiary/aromatic N) is 4. The lowest BCUT2D eigenvalue weighted by Gasteiger charge is -2.33. The maximum atomic E-state index is 4.78. The molecule has 1 aliphatic rings. The van der Waals surface area contributed by atoms with Crippen LogP contribution in [0.25, 0.3) is 0 Å². The van der Waals surface area contributed by atoms with Crippen LogP contribution in [0.15, 0.2) is 40.8 Å². The average Bonchev–Trinajstić information content (AvgIpc) is 3.26. The molecule has 0 bridgehead atoms. The second kappa shape index (κ2) is 12.3. The van der Waals surface area contributed by atoms with E-state index in [0.29, 0.717) is 12.5 Å². The number of rotatable bonds is 7. The Morgan fingerprint density at radius 3 is 2.72 bits per heavy atom. The topological polar surface area (TPSA) is 55.8 Å². The van der Waals surface area contributed by atoms with Gasteiger partial charge in [0.05, 0.1) is 6.54 Å². The summed E-state index contributed by atoms with van der Waals surface area (Å²) < 4.78 is 0. The number of thiophene rings is 1. The van der Waals surface area contributed by atoms with E-state index in [1.807, 2.05) is 6.20 Å². The minimum Gasteiger partial charge on any atom is -0.357 e. The number of likely N-dealkylation sites (N-methyl/N-ethyl adjacent to an activating group) is 1. The molecule has 8 heteroatoms. The van der Waals surface area contributed by atoms with E-state index < -0.39 is 0 Å². The smallest absolute Gasteiger partial charge is 0.191 e. The lowest BCUT2D eigenvalue weighted by atomic mass is 10.1. The maximum absolute atomic E-state index is 4.78. The third kappa shape index (κ3) is 7.42. The van der Waals surface area contributed by atoms with Crippen molar-refractivity contribution < 1.29 is 0 Å². The molecule has 1 atom stereocenters. The monoisotopic (exact) mass is 528 g/mol. The van der Waals surface area contributed by atoms with Gasteiger partial charge in [-0.15, -0.1) is 35.3 Å². The van der Waals surface area contributed by atoms with Crippen LogP contribution in [0.4, 0.5) is 5.82 Å². The van der Waals surface area contributed by atoms with Gasteiger partial charge in [0.2, 0.25) is 0 Å². The van der Waals surface area contributed by atoms with Gasteiger partial charge in [-0.1, -0.05) is 13.0 Å². The first-order chi connectivity index (χ1) is 13.7. The summed E-state index contributed by atoms with van der Waals surface area (Å²) in [6.07, 6.45) is 1.90. The predicted octanol–water partition coefficient (Wildman–Crippen LogP) is 3.37. The largest absolute Gasteiger partial charge is 0.357 e. The quantitative estimate of drug-likeness (QED) is 0.328. The molecule has 160 valence electrons. The number of pyridine rings is 1. The van der Waals surface area contributed by atoms with Crippen LogP contribution in [0.1, 0.15) is 30.2 Å². The minimum absolute atomic E-state index is 0. The van der Waals surface area contributed by atoms with E-state index in [1.54, 1.807) is 11.3 Å². The molecule has 1 aliphatic heterocycles. The van der Waals surface area contributed by atoms with Gasteiger partial charge in [-0.3, -0.25) is 0 Å². The number of guanidine groups is 1. The first-order valence-corrected chi connectivity index (χ1v) is 11.0. The molecule has 3 rings (SSSR count). The van der Waals surface area contributed by atoms with Crippen molar-refractivity contribution in [1.82, 2.24) is 20.5 Å². The number of anilines is 1. The molecule has 1 fully saturated rings. The van der Waals surface area contributed by atoms with Crippen molar-refractivity contribution in [1.29, 1.82) is 0 Å². The van der Waals surface area contributed by atoms with E-state index in [4.69, 9.17) is 4.99 Å². The van der Waals surface area contributed by atoms with Crippen molar-refractivity contribution in [3.63, 3.8) is 0 Å². The van der Waals surface area contributed by atoms with Crippen molar-refractivity contribution in [3.05, 3.63) is 46.3 Å². The number of aromatic nitrogens is 1. The van der Waals surface area contributed by atoms with Crippen LogP contribution in [0.5, 0.6) is 0 Å². The molecule has 1 saturated heterocycles. The number of nitrogens with one attached hydrogen (secondary N) is 2. The van der Waals surface area contributed by atoms with Crippen molar-refractivity contribution in [2.75, 3.05) is 51.2 Å². The van der Waals surface area contributed by atoms with E-state index in [1.165, 1.54) is 10.4 Å². The third-order valence-electron chi connectivity index (χ3n) is 5.01. The molecule has 1 unspecified atom stereocenters. The molecular weight excluding hydrogens is 495 g/mol. The fourth-order valence-electron chi connectivity index (χ4n) is 3.20. The van der Waals surface area contributed by atoms with Crippen LogP contribution in [-0.2, 0) is 6.54 Å². The zero-order valence-corrected chi connectivity index (χ0v) is 20.7. The summed E-state index contributed by atoms with van der Waals surface area (Å²) in [7, 11) is 2.17. The molecule has 0 aromatic carbocycles. The van der Waals surface area contributed by atoms with Gasteiger partial charge < -0.3 is 20.4 Å². The number of hydrogen-bond acceptors (Lipinski definition) is 5. The van der Waals surface area contributed by atoms with Crippen LogP contribution in [0.3, 0.4) is 0 Å². The summed E-state index contributed by atoms with van der Waals surface area (Å²) in [5, 5.41) is 8.95. The van der Waals surface area contributed by atoms with Crippen LogP contribution in [0, 0.1) is 0 Å². The zero-order chi connectivity index (χ0) is 19.8. The van der Waals surface area contributed by atoms with Gasteiger partial charge in [0.25, 0.3) is 0 Å². The fourth-order valence-corrected chi connectivity index (χ4v) is 3.99. The van der Waals surface area contributed by atoms with E-state index in [-0.39, 0.29) is 24.0 Å². The van der Waals surface area contributed by atoms with Crippen molar-refractivity contribution in [2.45, 2.75) is 26.3 Å². The predicted molar refractivity (Wildman–Crippen MR) is 135 cm³/mol. The zero-order valence-electron chi connectivity index (χ0n) is 17.6. The Hall–Kier alpha value is -1.39. The standard InChI is InChI=1S/C21H32N6S.HI/c1-4-22-21(24-15-17(2)19-6-5-13-28-19)25-16-18-7-8-23-20(14-18)27-11-9-26(3)10-12-27;/h5-8,13-14,17H,4,9-12,15-16H2,1-3H3,(H2,22,24,25);1H. The second-order valence-corrected chi connectivity index (χ2v) is 8.28. The molecule has 2 aromatic heterocycles. The maximum Gasteiger partial charge on any atom is 0.191 e. The van der Waals surface area contributed by atoms with Gasteiger partial charge in [0.1, 0.15) is 5.82 Å². The molecule has 6 nitrogen and oxygen atoms in total. The van der Waals surface area contributed by atoms with Gasteiger partial charge in [0.15, 0.2) is 5.96 Å². The van der Waals surface area contributed by atoms with Crippen LogP contribution < -0.4 is 15.5 Å². The highest BCUT2D eigenvalue weighted by atomic mass is 127. The normalized spacial score (nSPS) is 16.2. The molecule has 29 heavy (non-hydrogen) atoms. The van der Waals surface area contributed by atoms with Gasteiger partial charge in [-0.2, -0.15) is 0 Å². The highest BCUT2D eigenvalue weighted by molar-refractivity contribution is 14.0. The highest BCUT2D eigenvalue weighted by Crippen LogP contribution is 2.19. The van der Waals surface area contributed by atoms with Gasteiger partial charge in [-0.05, 0) is 43.1 Å². The minimum atomic E-state index is 0. The molecule has 0 aliphatic carbocycles.